The predicted molar refractivity (Wildman–Crippen MR) is 84.7 cm³/mol. The molecule has 0 atom stereocenters. The van der Waals surface area contributed by atoms with Gasteiger partial charge in [-0.05, 0) is 24.1 Å². The highest BCUT2D eigenvalue weighted by Crippen LogP contribution is 2.09. The van der Waals surface area contributed by atoms with Gasteiger partial charge < -0.3 is 15.4 Å². The number of carbonyl (C=O) groups excluding carboxylic acids is 2. The molecule has 1 heterocycles. The highest BCUT2D eigenvalue weighted by molar-refractivity contribution is 6.39. The summed E-state index contributed by atoms with van der Waals surface area (Å²) in [6, 6.07) is 7.48. The van der Waals surface area contributed by atoms with Gasteiger partial charge >= 0.3 is 11.8 Å². The van der Waals surface area contributed by atoms with E-state index in [2.05, 4.69) is 22.5 Å². The maximum absolute atomic E-state index is 11.8. The number of morpholine rings is 1. The molecule has 0 unspecified atom stereocenters. The first-order chi connectivity index (χ1) is 10.7. The Kier molecular flexibility index (Phi) is 6.36. The number of aryl methyl sites for hydroxylation is 1. The van der Waals surface area contributed by atoms with Gasteiger partial charge in [0.1, 0.15) is 0 Å². The second-order valence-corrected chi connectivity index (χ2v) is 5.21. The molecule has 1 fully saturated rings. The first kappa shape index (κ1) is 16.5. The molecule has 2 rings (SSSR count). The Morgan fingerprint density at radius 2 is 1.82 bits per heavy atom. The molecule has 0 aromatic heterocycles. The van der Waals surface area contributed by atoms with Gasteiger partial charge in [-0.15, -0.1) is 0 Å². The third-order valence-electron chi connectivity index (χ3n) is 3.64. The number of carbonyl (C=O) groups is 2. The summed E-state index contributed by atoms with van der Waals surface area (Å²) < 4.78 is 5.26. The van der Waals surface area contributed by atoms with E-state index >= 15 is 0 Å². The van der Waals surface area contributed by atoms with Crippen molar-refractivity contribution in [1.29, 1.82) is 0 Å². The van der Waals surface area contributed by atoms with Crippen LogP contribution >= 0.6 is 0 Å². The predicted octanol–water partition coefficient (Wildman–Crippen LogP) is 0.636. The van der Waals surface area contributed by atoms with Crippen LogP contribution < -0.4 is 10.6 Å². The van der Waals surface area contributed by atoms with E-state index in [4.69, 9.17) is 4.74 Å². The van der Waals surface area contributed by atoms with Crippen LogP contribution in [0.3, 0.4) is 0 Å². The molecule has 0 saturated carbocycles. The summed E-state index contributed by atoms with van der Waals surface area (Å²) >= 11 is 0. The molecule has 6 nitrogen and oxygen atoms in total. The Morgan fingerprint density at radius 1 is 1.14 bits per heavy atom. The van der Waals surface area contributed by atoms with Crippen LogP contribution in [0.1, 0.15) is 12.5 Å². The van der Waals surface area contributed by atoms with Crippen LogP contribution in [0.4, 0.5) is 5.69 Å². The van der Waals surface area contributed by atoms with Gasteiger partial charge in [-0.25, -0.2) is 0 Å². The van der Waals surface area contributed by atoms with Crippen LogP contribution in [-0.4, -0.2) is 56.1 Å². The molecule has 1 aliphatic heterocycles. The number of anilines is 1. The number of nitrogens with one attached hydrogen (secondary N) is 2. The Balaban J connectivity index is 1.70. The number of ether oxygens (including phenoxy) is 1. The minimum atomic E-state index is -0.633. The third kappa shape index (κ3) is 5.13. The molecule has 0 spiro atoms. The fourth-order valence-electron chi connectivity index (χ4n) is 2.24. The van der Waals surface area contributed by atoms with Gasteiger partial charge in [0, 0.05) is 31.9 Å². The molecule has 1 saturated heterocycles. The Morgan fingerprint density at radius 3 is 2.45 bits per heavy atom. The molecule has 0 bridgehead atoms. The maximum atomic E-state index is 11.8. The average Bonchev–Trinajstić information content (AvgIpc) is 2.56. The zero-order chi connectivity index (χ0) is 15.8. The molecule has 1 aromatic carbocycles. The third-order valence-corrected chi connectivity index (χ3v) is 3.64. The number of benzene rings is 1. The molecule has 1 aromatic rings. The average molecular weight is 305 g/mol. The Labute approximate surface area is 130 Å². The molecule has 22 heavy (non-hydrogen) atoms. The van der Waals surface area contributed by atoms with E-state index < -0.39 is 11.8 Å². The van der Waals surface area contributed by atoms with Crippen molar-refractivity contribution < 1.29 is 14.3 Å². The monoisotopic (exact) mass is 305 g/mol. The van der Waals surface area contributed by atoms with E-state index in [0.717, 1.165) is 39.3 Å². The minimum Gasteiger partial charge on any atom is -0.379 e. The highest BCUT2D eigenvalue weighted by atomic mass is 16.5. The minimum absolute atomic E-state index is 0.459. The van der Waals surface area contributed by atoms with Crippen LogP contribution in [0, 0.1) is 0 Å². The van der Waals surface area contributed by atoms with Gasteiger partial charge in [0.25, 0.3) is 0 Å². The van der Waals surface area contributed by atoms with Crippen molar-refractivity contribution in [3.05, 3.63) is 29.8 Å². The largest absolute Gasteiger partial charge is 0.379 e. The SMILES string of the molecule is CCc1ccc(NC(=O)C(=O)NCCN2CCOCC2)cc1. The molecular formula is C16H23N3O3. The van der Waals surface area contributed by atoms with E-state index in [-0.39, 0.29) is 0 Å². The summed E-state index contributed by atoms with van der Waals surface area (Å²) in [6.45, 7) is 6.44. The van der Waals surface area contributed by atoms with Gasteiger partial charge in [-0.2, -0.15) is 0 Å². The van der Waals surface area contributed by atoms with E-state index in [9.17, 15) is 9.59 Å². The topological polar surface area (TPSA) is 70.7 Å². The fourth-order valence-corrected chi connectivity index (χ4v) is 2.24. The zero-order valence-corrected chi connectivity index (χ0v) is 12.9. The van der Waals surface area contributed by atoms with E-state index in [1.807, 2.05) is 12.1 Å². The Bertz CT molecular complexity index is 496. The quantitative estimate of drug-likeness (QED) is 0.783. The summed E-state index contributed by atoms with van der Waals surface area (Å²) in [6.07, 6.45) is 0.941. The lowest BCUT2D eigenvalue weighted by molar-refractivity contribution is -0.136. The van der Waals surface area contributed by atoms with Gasteiger partial charge in [0.15, 0.2) is 0 Å². The second kappa shape index (κ2) is 8.51. The fraction of sp³-hybridized carbons (Fsp3) is 0.500. The van der Waals surface area contributed by atoms with Crippen LogP contribution in [-0.2, 0) is 20.7 Å². The van der Waals surface area contributed by atoms with Crippen LogP contribution in [0.2, 0.25) is 0 Å². The first-order valence-electron chi connectivity index (χ1n) is 7.67. The number of nitrogens with zero attached hydrogens (tertiary/aromatic N) is 1. The Hall–Kier alpha value is -1.92. The van der Waals surface area contributed by atoms with E-state index in [0.29, 0.717) is 12.2 Å². The number of rotatable bonds is 5. The normalized spacial score (nSPS) is 15.3. The van der Waals surface area contributed by atoms with Crippen molar-refractivity contribution in [2.24, 2.45) is 0 Å². The number of hydrogen-bond acceptors (Lipinski definition) is 4. The summed E-state index contributed by atoms with van der Waals surface area (Å²) in [5.41, 5.74) is 1.82. The lowest BCUT2D eigenvalue weighted by atomic mass is 10.1. The molecule has 0 radical (unpaired) electrons. The summed E-state index contributed by atoms with van der Waals surface area (Å²) in [5, 5.41) is 5.24. The van der Waals surface area contributed by atoms with Crippen molar-refractivity contribution in [1.82, 2.24) is 10.2 Å². The van der Waals surface area contributed by atoms with Crippen molar-refractivity contribution in [2.45, 2.75) is 13.3 Å². The summed E-state index contributed by atoms with van der Waals surface area (Å²) in [7, 11) is 0. The lowest BCUT2D eigenvalue weighted by Crippen LogP contribution is -2.43. The van der Waals surface area contributed by atoms with Crippen LogP contribution in [0.25, 0.3) is 0 Å². The van der Waals surface area contributed by atoms with Crippen molar-refractivity contribution in [3.8, 4) is 0 Å². The molecule has 0 aliphatic carbocycles. The smallest absolute Gasteiger partial charge is 0.313 e. The maximum Gasteiger partial charge on any atom is 0.313 e. The lowest BCUT2D eigenvalue weighted by Gasteiger charge is -2.26. The summed E-state index contributed by atoms with van der Waals surface area (Å²) in [4.78, 5) is 25.7. The molecular weight excluding hydrogens is 282 g/mol. The zero-order valence-electron chi connectivity index (χ0n) is 12.9. The molecule has 120 valence electrons. The summed E-state index contributed by atoms with van der Waals surface area (Å²) in [5.74, 6) is -1.24. The number of hydrogen-bond donors (Lipinski definition) is 2. The number of amides is 2. The highest BCUT2D eigenvalue weighted by Gasteiger charge is 2.14. The van der Waals surface area contributed by atoms with Gasteiger partial charge in [0.05, 0.1) is 13.2 Å². The molecule has 2 amide bonds. The second-order valence-electron chi connectivity index (χ2n) is 5.21. The van der Waals surface area contributed by atoms with Gasteiger partial charge in [-0.1, -0.05) is 19.1 Å². The van der Waals surface area contributed by atoms with E-state index in [1.54, 1.807) is 12.1 Å². The van der Waals surface area contributed by atoms with Crippen molar-refractivity contribution in [2.75, 3.05) is 44.7 Å². The molecule has 1 aliphatic rings. The van der Waals surface area contributed by atoms with Crippen molar-refractivity contribution in [3.63, 3.8) is 0 Å². The van der Waals surface area contributed by atoms with Crippen LogP contribution in [0.5, 0.6) is 0 Å². The van der Waals surface area contributed by atoms with Gasteiger partial charge in [-0.3, -0.25) is 14.5 Å². The standard InChI is InChI=1S/C16H23N3O3/c1-2-13-3-5-14(6-4-13)18-16(21)15(20)17-7-8-19-9-11-22-12-10-19/h3-6H,2,7-12H2,1H3,(H,17,20)(H,18,21). The van der Waals surface area contributed by atoms with Crippen LogP contribution in [0.15, 0.2) is 24.3 Å². The van der Waals surface area contributed by atoms with Crippen molar-refractivity contribution >= 4 is 17.5 Å². The van der Waals surface area contributed by atoms with Gasteiger partial charge in [0.2, 0.25) is 0 Å². The molecule has 2 N–H and O–H groups in total. The van der Waals surface area contributed by atoms with E-state index in [1.165, 1.54) is 5.56 Å². The first-order valence-corrected chi connectivity index (χ1v) is 7.67. The molecule has 6 heteroatoms.